The van der Waals surface area contributed by atoms with Crippen molar-refractivity contribution in [3.05, 3.63) is 48.0 Å². The Hall–Kier alpha value is -2.69. The van der Waals surface area contributed by atoms with E-state index in [1.807, 2.05) is 37.2 Å². The Morgan fingerprint density at radius 2 is 1.90 bits per heavy atom. The van der Waals surface area contributed by atoms with Crippen molar-refractivity contribution >= 4 is 17.3 Å². The van der Waals surface area contributed by atoms with E-state index in [1.165, 1.54) is 13.2 Å². The summed E-state index contributed by atoms with van der Waals surface area (Å²) in [6.45, 7) is 0. The highest BCUT2D eigenvalue weighted by molar-refractivity contribution is 6.08. The Labute approximate surface area is 123 Å². The third kappa shape index (κ3) is 3.25. The van der Waals surface area contributed by atoms with Crippen molar-refractivity contribution in [3.63, 3.8) is 0 Å². The van der Waals surface area contributed by atoms with E-state index in [0.717, 1.165) is 5.69 Å². The second kappa shape index (κ2) is 6.17. The summed E-state index contributed by atoms with van der Waals surface area (Å²) in [5.41, 5.74) is 1.74. The number of amides is 1. The number of aromatic hydroxyl groups is 1. The highest BCUT2D eigenvalue weighted by Crippen LogP contribution is 2.28. The number of methoxy groups -OCH3 is 1. The van der Waals surface area contributed by atoms with Gasteiger partial charge in [0.1, 0.15) is 17.1 Å². The molecule has 21 heavy (non-hydrogen) atoms. The summed E-state index contributed by atoms with van der Waals surface area (Å²) in [6, 6.07) is 12.1. The van der Waals surface area contributed by atoms with Crippen molar-refractivity contribution < 1.29 is 14.6 Å². The lowest BCUT2D eigenvalue weighted by atomic mass is 10.1. The molecule has 0 bridgehead atoms. The number of rotatable bonds is 4. The second-order valence-electron chi connectivity index (χ2n) is 4.75. The number of hydrogen-bond donors (Lipinski definition) is 2. The number of benzene rings is 2. The molecular formula is C16H18N2O3. The van der Waals surface area contributed by atoms with Crippen LogP contribution >= 0.6 is 0 Å². The van der Waals surface area contributed by atoms with E-state index in [9.17, 15) is 9.90 Å². The van der Waals surface area contributed by atoms with Crippen molar-refractivity contribution in [3.8, 4) is 11.5 Å². The molecule has 5 heteroatoms. The van der Waals surface area contributed by atoms with Gasteiger partial charge in [0, 0.05) is 25.5 Å². The van der Waals surface area contributed by atoms with E-state index in [-0.39, 0.29) is 11.3 Å². The van der Waals surface area contributed by atoms with Crippen LogP contribution < -0.4 is 15.0 Å². The zero-order valence-corrected chi connectivity index (χ0v) is 12.3. The molecule has 2 aromatic rings. The minimum atomic E-state index is -0.416. The number of hydrogen-bond acceptors (Lipinski definition) is 4. The van der Waals surface area contributed by atoms with Gasteiger partial charge in [-0.1, -0.05) is 12.1 Å². The fourth-order valence-corrected chi connectivity index (χ4v) is 1.97. The van der Waals surface area contributed by atoms with Gasteiger partial charge in [0.2, 0.25) is 0 Å². The topological polar surface area (TPSA) is 61.8 Å². The standard InChI is InChI=1S/C16H18N2O3/c1-18(2)12-7-4-6-11(10-12)17-16(20)15-13(19)8-5-9-14(15)21-3/h4-10,19H,1-3H3,(H,17,20). The van der Waals surface area contributed by atoms with E-state index in [4.69, 9.17) is 4.74 Å². The molecule has 0 aliphatic rings. The summed E-state index contributed by atoms with van der Waals surface area (Å²) in [7, 11) is 5.30. The first-order valence-corrected chi connectivity index (χ1v) is 6.47. The van der Waals surface area contributed by atoms with Gasteiger partial charge in [-0.2, -0.15) is 0 Å². The third-order valence-electron chi connectivity index (χ3n) is 3.07. The highest BCUT2D eigenvalue weighted by Gasteiger charge is 2.17. The summed E-state index contributed by atoms with van der Waals surface area (Å²) in [4.78, 5) is 14.3. The molecule has 0 fully saturated rings. The molecule has 0 spiro atoms. The number of carbonyl (C=O) groups is 1. The first-order chi connectivity index (χ1) is 10.0. The summed E-state index contributed by atoms with van der Waals surface area (Å²) in [5.74, 6) is -0.201. The van der Waals surface area contributed by atoms with Gasteiger partial charge in [-0.05, 0) is 30.3 Å². The normalized spacial score (nSPS) is 10.0. The summed E-state index contributed by atoms with van der Waals surface area (Å²) in [5, 5.41) is 12.6. The van der Waals surface area contributed by atoms with Crippen LogP contribution in [0.1, 0.15) is 10.4 Å². The van der Waals surface area contributed by atoms with Gasteiger partial charge in [-0.3, -0.25) is 4.79 Å². The molecule has 2 aromatic carbocycles. The molecule has 0 saturated carbocycles. The van der Waals surface area contributed by atoms with Crippen molar-refractivity contribution in [2.45, 2.75) is 0 Å². The number of nitrogens with zero attached hydrogens (tertiary/aromatic N) is 1. The van der Waals surface area contributed by atoms with Crippen LogP contribution in [-0.4, -0.2) is 32.2 Å². The second-order valence-corrected chi connectivity index (χ2v) is 4.75. The Morgan fingerprint density at radius 3 is 2.57 bits per heavy atom. The van der Waals surface area contributed by atoms with Gasteiger partial charge in [0.15, 0.2) is 0 Å². The van der Waals surface area contributed by atoms with E-state index >= 15 is 0 Å². The molecule has 0 unspecified atom stereocenters. The average molecular weight is 286 g/mol. The quantitative estimate of drug-likeness (QED) is 0.907. The monoisotopic (exact) mass is 286 g/mol. The highest BCUT2D eigenvalue weighted by atomic mass is 16.5. The average Bonchev–Trinajstić information content (AvgIpc) is 2.46. The van der Waals surface area contributed by atoms with Gasteiger partial charge in [-0.15, -0.1) is 0 Å². The van der Waals surface area contributed by atoms with Crippen LogP contribution in [0.2, 0.25) is 0 Å². The predicted molar refractivity (Wildman–Crippen MR) is 83.4 cm³/mol. The van der Waals surface area contributed by atoms with Crippen molar-refractivity contribution in [2.75, 3.05) is 31.4 Å². The number of carbonyl (C=O) groups excluding carboxylic acids is 1. The van der Waals surface area contributed by atoms with Crippen LogP contribution in [0.5, 0.6) is 11.5 Å². The molecule has 0 aliphatic carbocycles. The molecular weight excluding hydrogens is 268 g/mol. The van der Waals surface area contributed by atoms with Crippen molar-refractivity contribution in [1.29, 1.82) is 0 Å². The molecule has 0 atom stereocenters. The van der Waals surface area contributed by atoms with E-state index < -0.39 is 5.91 Å². The maximum atomic E-state index is 12.3. The zero-order valence-electron chi connectivity index (χ0n) is 12.3. The number of phenolic OH excluding ortho intramolecular Hbond substituents is 1. The summed E-state index contributed by atoms with van der Waals surface area (Å²) < 4.78 is 5.12. The van der Waals surface area contributed by atoms with Crippen LogP contribution in [-0.2, 0) is 0 Å². The lowest BCUT2D eigenvalue weighted by molar-refractivity contribution is 0.102. The molecule has 110 valence electrons. The number of nitrogens with one attached hydrogen (secondary N) is 1. The molecule has 0 heterocycles. The minimum Gasteiger partial charge on any atom is -0.507 e. The van der Waals surface area contributed by atoms with Gasteiger partial charge >= 0.3 is 0 Å². The molecule has 2 rings (SSSR count). The molecule has 2 N–H and O–H groups in total. The van der Waals surface area contributed by atoms with Crippen molar-refractivity contribution in [1.82, 2.24) is 0 Å². The third-order valence-corrected chi connectivity index (χ3v) is 3.07. The van der Waals surface area contributed by atoms with Crippen LogP contribution in [0.15, 0.2) is 42.5 Å². The van der Waals surface area contributed by atoms with Crippen molar-refractivity contribution in [2.24, 2.45) is 0 Å². The van der Waals surface area contributed by atoms with E-state index in [2.05, 4.69) is 5.32 Å². The fourth-order valence-electron chi connectivity index (χ4n) is 1.97. The zero-order chi connectivity index (χ0) is 15.4. The van der Waals surface area contributed by atoms with Gasteiger partial charge in [0.25, 0.3) is 5.91 Å². The summed E-state index contributed by atoms with van der Waals surface area (Å²) in [6.07, 6.45) is 0. The largest absolute Gasteiger partial charge is 0.507 e. The Morgan fingerprint density at radius 1 is 1.19 bits per heavy atom. The maximum Gasteiger partial charge on any atom is 0.263 e. The molecule has 1 amide bonds. The van der Waals surface area contributed by atoms with Crippen LogP contribution in [0.25, 0.3) is 0 Å². The summed E-state index contributed by atoms with van der Waals surface area (Å²) >= 11 is 0. The van der Waals surface area contributed by atoms with Gasteiger partial charge < -0.3 is 20.1 Å². The Balaban J connectivity index is 2.28. The van der Waals surface area contributed by atoms with Gasteiger partial charge in [0.05, 0.1) is 7.11 Å². The SMILES string of the molecule is COc1cccc(O)c1C(=O)Nc1cccc(N(C)C)c1. The number of phenols is 1. The Bertz CT molecular complexity index is 654. The molecule has 0 aromatic heterocycles. The first-order valence-electron chi connectivity index (χ1n) is 6.47. The number of anilines is 2. The first kappa shape index (κ1) is 14.7. The van der Waals surface area contributed by atoms with Crippen LogP contribution in [0, 0.1) is 0 Å². The predicted octanol–water partition coefficient (Wildman–Crippen LogP) is 2.72. The smallest absolute Gasteiger partial charge is 0.263 e. The lowest BCUT2D eigenvalue weighted by Gasteiger charge is -2.15. The molecule has 0 radical (unpaired) electrons. The Kier molecular flexibility index (Phi) is 4.33. The number of ether oxygens (including phenoxy) is 1. The van der Waals surface area contributed by atoms with Gasteiger partial charge in [-0.25, -0.2) is 0 Å². The van der Waals surface area contributed by atoms with E-state index in [1.54, 1.807) is 18.2 Å². The molecule has 0 aliphatic heterocycles. The molecule has 5 nitrogen and oxygen atoms in total. The van der Waals surface area contributed by atoms with E-state index in [0.29, 0.717) is 11.4 Å². The fraction of sp³-hybridized carbons (Fsp3) is 0.188. The van der Waals surface area contributed by atoms with Crippen LogP contribution in [0.4, 0.5) is 11.4 Å². The maximum absolute atomic E-state index is 12.3. The van der Waals surface area contributed by atoms with Crippen LogP contribution in [0.3, 0.4) is 0 Å². The minimum absolute atomic E-state index is 0.115. The molecule has 0 saturated heterocycles. The lowest BCUT2D eigenvalue weighted by Crippen LogP contribution is -2.14.